The summed E-state index contributed by atoms with van der Waals surface area (Å²) in [6.07, 6.45) is 2.98. The molecule has 0 radical (unpaired) electrons. The Kier molecular flexibility index (Phi) is 23.0. The highest BCUT2D eigenvalue weighted by atomic mass is 16.7. The molecule has 2 heterocycles. The summed E-state index contributed by atoms with van der Waals surface area (Å²) < 4.78 is 22.5. The van der Waals surface area contributed by atoms with Gasteiger partial charge < -0.3 is 65.1 Å². The van der Waals surface area contributed by atoms with Gasteiger partial charge in [0.15, 0.2) is 12.6 Å². The van der Waals surface area contributed by atoms with Crippen molar-refractivity contribution in [2.75, 3.05) is 19.8 Å². The summed E-state index contributed by atoms with van der Waals surface area (Å²) in [5, 5.41) is 85.7. The quantitative estimate of drug-likeness (QED) is 0.0454. The second kappa shape index (κ2) is 25.7. The number of unbranched alkanes of at least 4 members (excludes halogenated alkanes) is 11. The van der Waals surface area contributed by atoms with Gasteiger partial charge in [-0.3, -0.25) is 4.79 Å². The molecule has 0 aromatic carbocycles. The Labute approximate surface area is 297 Å². The molecule has 0 aromatic heterocycles. The Bertz CT molecular complexity index is 909. The third-order valence-corrected chi connectivity index (χ3v) is 9.48. The van der Waals surface area contributed by atoms with E-state index < -0.39 is 86.8 Å². The van der Waals surface area contributed by atoms with Gasteiger partial charge in [-0.15, -0.1) is 0 Å². The Morgan fingerprint density at radius 2 is 1.28 bits per heavy atom. The summed E-state index contributed by atoms with van der Waals surface area (Å²) in [5.41, 5.74) is 0. The Morgan fingerprint density at radius 3 is 1.96 bits per heavy atom. The van der Waals surface area contributed by atoms with Crippen LogP contribution >= 0.6 is 0 Å². The molecule has 14 heteroatoms. The van der Waals surface area contributed by atoms with Gasteiger partial charge in [0.1, 0.15) is 48.8 Å². The van der Waals surface area contributed by atoms with Gasteiger partial charge in [-0.2, -0.15) is 0 Å². The van der Waals surface area contributed by atoms with Gasteiger partial charge >= 0.3 is 0 Å². The van der Waals surface area contributed by atoms with E-state index in [-0.39, 0.29) is 12.5 Å². The molecule has 12 atom stereocenters. The van der Waals surface area contributed by atoms with Crippen LogP contribution in [0.25, 0.3) is 0 Å². The maximum absolute atomic E-state index is 12.9. The van der Waals surface area contributed by atoms with Crippen LogP contribution < -0.4 is 5.32 Å². The van der Waals surface area contributed by atoms with Crippen molar-refractivity contribution >= 4 is 5.91 Å². The summed E-state index contributed by atoms with van der Waals surface area (Å²) in [5.74, 6) is -0.228. The molecule has 2 rings (SSSR count). The van der Waals surface area contributed by atoms with Gasteiger partial charge in [0.05, 0.1) is 32.0 Å². The first kappa shape index (κ1) is 44.9. The lowest BCUT2D eigenvalue weighted by Gasteiger charge is -2.46. The van der Waals surface area contributed by atoms with Crippen molar-refractivity contribution in [3.05, 3.63) is 12.2 Å². The molecular weight excluding hydrogens is 654 g/mol. The van der Waals surface area contributed by atoms with Gasteiger partial charge in [-0.05, 0) is 32.1 Å². The minimum atomic E-state index is -1.78. The van der Waals surface area contributed by atoms with Crippen LogP contribution in [0.1, 0.15) is 117 Å². The summed E-state index contributed by atoms with van der Waals surface area (Å²) in [6, 6.07) is -0.822. The molecular formula is C36H67NO13. The van der Waals surface area contributed by atoms with E-state index in [1.165, 1.54) is 12.8 Å². The van der Waals surface area contributed by atoms with E-state index in [1.54, 1.807) is 0 Å². The largest absolute Gasteiger partial charge is 0.394 e. The molecule has 0 aliphatic carbocycles. The summed E-state index contributed by atoms with van der Waals surface area (Å²) in [7, 11) is 0. The molecule has 9 N–H and O–H groups in total. The number of carbonyl (C=O) groups is 1. The zero-order valence-corrected chi connectivity index (χ0v) is 30.1. The zero-order valence-electron chi connectivity index (χ0n) is 30.1. The standard InChI is InChI=1S/C36H67NO13/c1-3-5-7-9-10-11-12-13-14-16-18-20-28(41)37-24(25(40)19-17-15-8-6-4-2)23-47-35-33(46)31(44)34(27(22-39)49-35)50-36-32(45)30(43)29(42)26(21-38)48-36/h9-10,24-27,29-36,38-40,42-46H,3-8,11-23H2,1-2H3,(H,37,41)/b10-9-. The molecule has 0 bridgehead atoms. The minimum absolute atomic E-state index is 0.228. The maximum atomic E-state index is 12.9. The molecule has 0 saturated carbocycles. The van der Waals surface area contributed by atoms with Crippen LogP contribution in [0.3, 0.4) is 0 Å². The minimum Gasteiger partial charge on any atom is -0.394 e. The van der Waals surface area contributed by atoms with E-state index in [0.717, 1.165) is 70.6 Å². The van der Waals surface area contributed by atoms with Crippen LogP contribution in [0.5, 0.6) is 0 Å². The first-order chi connectivity index (χ1) is 24.1. The van der Waals surface area contributed by atoms with Crippen molar-refractivity contribution < 1.29 is 64.6 Å². The van der Waals surface area contributed by atoms with Crippen molar-refractivity contribution in [3.63, 3.8) is 0 Å². The summed E-state index contributed by atoms with van der Waals surface area (Å²) in [6.45, 7) is 2.65. The summed E-state index contributed by atoms with van der Waals surface area (Å²) in [4.78, 5) is 12.9. The first-order valence-corrected chi connectivity index (χ1v) is 18.9. The van der Waals surface area contributed by atoms with Crippen LogP contribution in [0, 0.1) is 0 Å². The van der Waals surface area contributed by atoms with Crippen molar-refractivity contribution in [2.45, 2.75) is 190 Å². The van der Waals surface area contributed by atoms with Gasteiger partial charge in [0.25, 0.3) is 0 Å². The average molecular weight is 722 g/mol. The van der Waals surface area contributed by atoms with Gasteiger partial charge in [0.2, 0.25) is 5.91 Å². The predicted octanol–water partition coefficient (Wildman–Crippen LogP) is 1.31. The first-order valence-electron chi connectivity index (χ1n) is 18.9. The molecule has 14 nitrogen and oxygen atoms in total. The summed E-state index contributed by atoms with van der Waals surface area (Å²) >= 11 is 0. The fourth-order valence-corrected chi connectivity index (χ4v) is 6.21. The molecule has 2 fully saturated rings. The monoisotopic (exact) mass is 721 g/mol. The van der Waals surface area contributed by atoms with E-state index in [2.05, 4.69) is 31.3 Å². The van der Waals surface area contributed by atoms with Crippen molar-refractivity contribution in [3.8, 4) is 0 Å². The molecule has 294 valence electrons. The SMILES string of the molecule is CCCC/C=C\CCCCCCCC(=O)NC(COC1OC(CO)C(OC2OC(CO)C(O)C(O)C2O)C(O)C1O)C(O)CCCCCCC. The number of hydrogen-bond donors (Lipinski definition) is 9. The van der Waals surface area contributed by atoms with E-state index in [4.69, 9.17) is 18.9 Å². The Morgan fingerprint density at radius 1 is 0.700 bits per heavy atom. The highest BCUT2D eigenvalue weighted by Crippen LogP contribution is 2.30. The number of hydrogen-bond acceptors (Lipinski definition) is 13. The predicted molar refractivity (Wildman–Crippen MR) is 185 cm³/mol. The molecule has 1 amide bonds. The van der Waals surface area contributed by atoms with Crippen LogP contribution in [-0.4, -0.2) is 140 Å². The molecule has 12 unspecified atom stereocenters. The van der Waals surface area contributed by atoms with Crippen molar-refractivity contribution in [1.29, 1.82) is 0 Å². The maximum Gasteiger partial charge on any atom is 0.220 e. The van der Waals surface area contributed by atoms with Gasteiger partial charge in [-0.25, -0.2) is 0 Å². The lowest BCUT2D eigenvalue weighted by atomic mass is 9.97. The van der Waals surface area contributed by atoms with Crippen LogP contribution in [0.4, 0.5) is 0 Å². The normalized spacial score (nSPS) is 31.6. The highest BCUT2D eigenvalue weighted by Gasteiger charge is 2.50. The topological polar surface area (TPSA) is 228 Å². The van der Waals surface area contributed by atoms with E-state index in [1.807, 2.05) is 0 Å². The van der Waals surface area contributed by atoms with E-state index >= 15 is 0 Å². The molecule has 50 heavy (non-hydrogen) atoms. The third-order valence-electron chi connectivity index (χ3n) is 9.48. The zero-order chi connectivity index (χ0) is 36.9. The van der Waals surface area contributed by atoms with Crippen LogP contribution in [-0.2, 0) is 23.7 Å². The van der Waals surface area contributed by atoms with Crippen LogP contribution in [0.2, 0.25) is 0 Å². The number of ether oxygens (including phenoxy) is 4. The van der Waals surface area contributed by atoms with Crippen LogP contribution in [0.15, 0.2) is 12.2 Å². The number of amides is 1. The average Bonchev–Trinajstić information content (AvgIpc) is 3.11. The molecule has 0 aromatic rings. The lowest BCUT2D eigenvalue weighted by Crippen LogP contribution is -2.65. The third kappa shape index (κ3) is 15.4. The number of carbonyl (C=O) groups excluding carboxylic acids is 1. The Balaban J connectivity index is 1.93. The second-order valence-corrected chi connectivity index (χ2v) is 13.7. The smallest absolute Gasteiger partial charge is 0.220 e. The second-order valence-electron chi connectivity index (χ2n) is 13.7. The number of aliphatic hydroxyl groups excluding tert-OH is 8. The molecule has 2 saturated heterocycles. The fourth-order valence-electron chi connectivity index (χ4n) is 6.21. The van der Waals surface area contributed by atoms with Gasteiger partial charge in [0, 0.05) is 6.42 Å². The lowest BCUT2D eigenvalue weighted by molar-refractivity contribution is -0.359. The van der Waals surface area contributed by atoms with Crippen molar-refractivity contribution in [1.82, 2.24) is 5.32 Å². The Hall–Kier alpha value is -1.27. The number of rotatable bonds is 26. The van der Waals surface area contributed by atoms with E-state index in [9.17, 15) is 45.6 Å². The van der Waals surface area contributed by atoms with Gasteiger partial charge in [-0.1, -0.05) is 90.2 Å². The van der Waals surface area contributed by atoms with Crippen molar-refractivity contribution in [2.24, 2.45) is 0 Å². The molecule has 0 spiro atoms. The molecule has 2 aliphatic heterocycles. The highest BCUT2D eigenvalue weighted by molar-refractivity contribution is 5.76. The molecule has 2 aliphatic rings. The number of aliphatic hydroxyl groups is 8. The number of nitrogens with one attached hydrogen (secondary N) is 1. The number of allylic oxidation sites excluding steroid dienone is 2. The fraction of sp³-hybridized carbons (Fsp3) is 0.917. The van der Waals surface area contributed by atoms with E-state index in [0.29, 0.717) is 19.3 Å².